The Balaban J connectivity index is 1.44. The molecule has 0 unspecified atom stereocenters. The fraction of sp³-hybridized carbons (Fsp3) is 0.400. The van der Waals surface area contributed by atoms with Crippen molar-refractivity contribution in [3.8, 4) is 0 Å². The zero-order valence-electron chi connectivity index (χ0n) is 12.9. The van der Waals surface area contributed by atoms with E-state index in [0.29, 0.717) is 12.1 Å². The molecule has 0 saturated carbocycles. The molecule has 0 radical (unpaired) electrons. The molecule has 0 atom stereocenters. The van der Waals surface area contributed by atoms with Crippen molar-refractivity contribution in [2.75, 3.05) is 18.4 Å². The molecule has 0 aliphatic carbocycles. The number of nitrogens with zero attached hydrogens (tertiary/aromatic N) is 4. The number of aryl methyl sites for hydroxylation is 1. The van der Waals surface area contributed by atoms with Crippen LogP contribution >= 0.6 is 0 Å². The van der Waals surface area contributed by atoms with Gasteiger partial charge in [0.05, 0.1) is 13.1 Å². The van der Waals surface area contributed by atoms with Crippen LogP contribution in [0, 0.1) is 6.92 Å². The molecule has 3 heterocycles. The van der Waals surface area contributed by atoms with Gasteiger partial charge in [0.15, 0.2) is 5.58 Å². The molecular weight excluding hydrogens is 320 g/mol. The lowest BCUT2D eigenvalue weighted by Gasteiger charge is -2.12. The summed E-state index contributed by atoms with van der Waals surface area (Å²) in [7, 11) is 0. The van der Waals surface area contributed by atoms with Crippen LogP contribution in [-0.2, 0) is 6.54 Å². The molecule has 9 heteroatoms. The third kappa shape index (κ3) is 3.07. The highest BCUT2D eigenvalue weighted by Crippen LogP contribution is 2.28. The molecule has 1 fully saturated rings. The van der Waals surface area contributed by atoms with Gasteiger partial charge in [-0.1, -0.05) is 11.2 Å². The maximum absolute atomic E-state index is 13.2. The molecule has 1 N–H and O–H groups in total. The van der Waals surface area contributed by atoms with E-state index in [2.05, 4.69) is 20.5 Å². The van der Waals surface area contributed by atoms with Gasteiger partial charge in [-0.2, -0.15) is 4.98 Å². The summed E-state index contributed by atoms with van der Waals surface area (Å²) in [5.41, 5.74) is 2.43. The van der Waals surface area contributed by atoms with E-state index in [1.165, 1.54) is 0 Å². The molecule has 126 valence electrons. The molecule has 7 nitrogen and oxygen atoms in total. The number of hydrogen-bond acceptors (Lipinski definition) is 7. The smallest absolute Gasteiger partial charge is 0.323 e. The Labute approximate surface area is 135 Å². The highest BCUT2D eigenvalue weighted by atomic mass is 19.3. The number of likely N-dealkylation sites (tertiary alicyclic amines) is 1. The van der Waals surface area contributed by atoms with E-state index in [4.69, 9.17) is 8.83 Å². The maximum atomic E-state index is 13.2. The van der Waals surface area contributed by atoms with Crippen molar-refractivity contribution < 1.29 is 17.6 Å². The minimum Gasteiger partial charge on any atom is -0.423 e. The van der Waals surface area contributed by atoms with Crippen LogP contribution < -0.4 is 5.32 Å². The molecular formula is C15H15F2N5O2. The highest BCUT2D eigenvalue weighted by Gasteiger charge is 2.38. The predicted molar refractivity (Wildman–Crippen MR) is 81.2 cm³/mol. The number of alkyl halides is 2. The number of halogens is 2. The van der Waals surface area contributed by atoms with Gasteiger partial charge in [-0.05, 0) is 24.6 Å². The number of rotatable bonds is 4. The second kappa shape index (κ2) is 5.52. The first-order chi connectivity index (χ1) is 11.5. The van der Waals surface area contributed by atoms with Gasteiger partial charge in [-0.25, -0.2) is 8.78 Å². The molecule has 0 bridgehead atoms. The summed E-state index contributed by atoms with van der Waals surface area (Å²) in [6.45, 7) is 2.18. The standard InChI is InChI=1S/C15H15F2N5O2/c1-9-2-3-11-10(6-9)18-13(23-11)19-14-21-20-12(24-14)7-22-5-4-15(16,17)8-22/h2-3,6H,4-5,7-8H2,1H3,(H,18,19,21). The maximum Gasteiger partial charge on any atom is 0.323 e. The van der Waals surface area contributed by atoms with Gasteiger partial charge in [0, 0.05) is 13.0 Å². The Morgan fingerprint density at radius 2 is 2.12 bits per heavy atom. The van der Waals surface area contributed by atoms with E-state index < -0.39 is 5.92 Å². The molecule has 4 rings (SSSR count). The monoisotopic (exact) mass is 335 g/mol. The molecule has 0 spiro atoms. The fourth-order valence-electron chi connectivity index (χ4n) is 2.68. The van der Waals surface area contributed by atoms with Crippen LogP contribution in [-0.4, -0.2) is 39.1 Å². The van der Waals surface area contributed by atoms with E-state index >= 15 is 0 Å². The van der Waals surface area contributed by atoms with Gasteiger partial charge < -0.3 is 8.83 Å². The number of nitrogens with one attached hydrogen (secondary N) is 1. The number of benzene rings is 1. The van der Waals surface area contributed by atoms with Crippen LogP contribution in [0.4, 0.5) is 20.8 Å². The minimum atomic E-state index is -2.64. The normalized spacial score (nSPS) is 17.6. The quantitative estimate of drug-likeness (QED) is 0.784. The first-order valence-electron chi connectivity index (χ1n) is 7.54. The highest BCUT2D eigenvalue weighted by molar-refractivity contribution is 5.75. The van der Waals surface area contributed by atoms with Crippen LogP contribution in [0.2, 0.25) is 0 Å². The Bertz CT molecular complexity index is 876. The lowest BCUT2D eigenvalue weighted by Crippen LogP contribution is -2.24. The van der Waals surface area contributed by atoms with E-state index in [1.807, 2.05) is 25.1 Å². The first kappa shape index (κ1) is 15.0. The summed E-state index contributed by atoms with van der Waals surface area (Å²) in [4.78, 5) is 5.87. The van der Waals surface area contributed by atoms with E-state index in [1.54, 1.807) is 4.90 Å². The van der Waals surface area contributed by atoms with Gasteiger partial charge >= 0.3 is 12.0 Å². The van der Waals surface area contributed by atoms with E-state index in [-0.39, 0.29) is 37.4 Å². The molecule has 2 aromatic heterocycles. The number of fused-ring (bicyclic) bond motifs is 1. The van der Waals surface area contributed by atoms with Crippen molar-refractivity contribution in [2.45, 2.75) is 25.8 Å². The third-order valence-corrected chi connectivity index (χ3v) is 3.83. The largest absolute Gasteiger partial charge is 0.423 e. The van der Waals surface area contributed by atoms with Gasteiger partial charge in [0.1, 0.15) is 5.52 Å². The molecule has 1 aromatic carbocycles. The second-order valence-electron chi connectivity index (χ2n) is 5.93. The van der Waals surface area contributed by atoms with Crippen LogP contribution in [0.1, 0.15) is 17.9 Å². The van der Waals surface area contributed by atoms with Crippen molar-refractivity contribution >= 4 is 23.1 Å². The summed E-state index contributed by atoms with van der Waals surface area (Å²) in [5.74, 6) is -2.38. The lowest BCUT2D eigenvalue weighted by molar-refractivity contribution is 0.0108. The number of hydrogen-bond donors (Lipinski definition) is 1. The summed E-state index contributed by atoms with van der Waals surface area (Å²) in [5, 5.41) is 10.5. The summed E-state index contributed by atoms with van der Waals surface area (Å²) in [6.07, 6.45) is -0.144. The van der Waals surface area contributed by atoms with Crippen molar-refractivity contribution in [3.63, 3.8) is 0 Å². The van der Waals surface area contributed by atoms with Crippen molar-refractivity contribution in [1.82, 2.24) is 20.1 Å². The Morgan fingerprint density at radius 3 is 2.92 bits per heavy atom. The molecule has 1 aliphatic rings. The molecule has 1 saturated heterocycles. The third-order valence-electron chi connectivity index (χ3n) is 3.83. The molecule has 0 amide bonds. The summed E-state index contributed by atoms with van der Waals surface area (Å²) >= 11 is 0. The van der Waals surface area contributed by atoms with Crippen molar-refractivity contribution in [3.05, 3.63) is 29.7 Å². The van der Waals surface area contributed by atoms with Crippen LogP contribution in [0.5, 0.6) is 0 Å². The Hall–Kier alpha value is -2.55. The summed E-state index contributed by atoms with van der Waals surface area (Å²) in [6, 6.07) is 6.00. The van der Waals surface area contributed by atoms with Crippen LogP contribution in [0.3, 0.4) is 0 Å². The van der Waals surface area contributed by atoms with Crippen LogP contribution in [0.25, 0.3) is 11.1 Å². The van der Waals surface area contributed by atoms with E-state index in [0.717, 1.165) is 11.1 Å². The van der Waals surface area contributed by atoms with E-state index in [9.17, 15) is 8.78 Å². The molecule has 24 heavy (non-hydrogen) atoms. The fourth-order valence-corrected chi connectivity index (χ4v) is 2.68. The van der Waals surface area contributed by atoms with Crippen molar-refractivity contribution in [1.29, 1.82) is 0 Å². The lowest BCUT2D eigenvalue weighted by atomic mass is 10.2. The minimum absolute atomic E-state index is 0.110. The number of aromatic nitrogens is 3. The van der Waals surface area contributed by atoms with Gasteiger partial charge in [-0.15, -0.1) is 5.10 Å². The van der Waals surface area contributed by atoms with Gasteiger partial charge in [0.2, 0.25) is 5.89 Å². The average molecular weight is 335 g/mol. The SMILES string of the molecule is Cc1ccc2oc(Nc3nnc(CN4CCC(F)(F)C4)o3)nc2c1. The van der Waals surface area contributed by atoms with Gasteiger partial charge in [-0.3, -0.25) is 10.2 Å². The zero-order chi connectivity index (χ0) is 16.7. The summed E-state index contributed by atoms with van der Waals surface area (Å²) < 4.78 is 37.3. The predicted octanol–water partition coefficient (Wildman–Crippen LogP) is 3.10. The second-order valence-corrected chi connectivity index (χ2v) is 5.93. The topological polar surface area (TPSA) is 80.2 Å². The zero-order valence-corrected chi connectivity index (χ0v) is 12.9. The number of oxazole rings is 1. The molecule has 1 aliphatic heterocycles. The average Bonchev–Trinajstić information content (AvgIpc) is 3.19. The Kier molecular flexibility index (Phi) is 3.45. The van der Waals surface area contributed by atoms with Gasteiger partial charge in [0.25, 0.3) is 5.92 Å². The van der Waals surface area contributed by atoms with Crippen LogP contribution in [0.15, 0.2) is 27.0 Å². The Morgan fingerprint density at radius 1 is 1.25 bits per heavy atom. The van der Waals surface area contributed by atoms with Crippen molar-refractivity contribution in [2.24, 2.45) is 0 Å². The first-order valence-corrected chi connectivity index (χ1v) is 7.54. The molecule has 3 aromatic rings. The number of anilines is 2.